The molecule has 0 aliphatic carbocycles. The Bertz CT molecular complexity index is 846. The Hall–Kier alpha value is -2.70. The highest BCUT2D eigenvalue weighted by molar-refractivity contribution is 5.96. The third-order valence-corrected chi connectivity index (χ3v) is 5.31. The van der Waals surface area contributed by atoms with Crippen LogP contribution in [0.15, 0.2) is 48.5 Å². The maximum Gasteiger partial charge on any atom is 0.248 e. The second-order valence-electron chi connectivity index (χ2n) is 7.47. The van der Waals surface area contributed by atoms with Crippen molar-refractivity contribution in [2.24, 2.45) is 0 Å². The maximum atomic E-state index is 13.3. The average molecular weight is 396 g/mol. The molecule has 1 fully saturated rings. The molecule has 2 aromatic rings. The summed E-state index contributed by atoms with van der Waals surface area (Å²) in [5, 5.41) is 3.12. The molecule has 0 bridgehead atoms. The largest absolute Gasteiger partial charge is 0.375 e. The third kappa shape index (κ3) is 5.22. The van der Waals surface area contributed by atoms with Gasteiger partial charge in [-0.05, 0) is 36.6 Å². The predicted molar refractivity (Wildman–Crippen MR) is 114 cm³/mol. The number of piperazine rings is 1. The minimum absolute atomic E-state index is 0.0109. The summed E-state index contributed by atoms with van der Waals surface area (Å²) in [5.74, 6) is -0.0650. The molecule has 154 valence electrons. The van der Waals surface area contributed by atoms with Gasteiger partial charge < -0.3 is 15.0 Å². The first-order chi connectivity index (χ1) is 14.0. The van der Waals surface area contributed by atoms with Gasteiger partial charge in [-0.25, -0.2) is 0 Å². The van der Waals surface area contributed by atoms with Crippen molar-refractivity contribution in [2.75, 3.05) is 45.2 Å². The van der Waals surface area contributed by atoms with Crippen LogP contribution in [-0.4, -0.2) is 61.5 Å². The lowest BCUT2D eigenvalue weighted by Crippen LogP contribution is -2.52. The Morgan fingerprint density at radius 2 is 1.72 bits per heavy atom. The van der Waals surface area contributed by atoms with Crippen molar-refractivity contribution >= 4 is 17.5 Å². The van der Waals surface area contributed by atoms with Crippen molar-refractivity contribution in [3.63, 3.8) is 0 Å². The fourth-order valence-electron chi connectivity index (χ4n) is 3.68. The summed E-state index contributed by atoms with van der Waals surface area (Å²) in [5.41, 5.74) is 3.93. The molecule has 0 spiro atoms. The molecule has 0 aromatic heterocycles. The van der Waals surface area contributed by atoms with Crippen LogP contribution in [0.3, 0.4) is 0 Å². The van der Waals surface area contributed by atoms with Crippen molar-refractivity contribution in [2.45, 2.75) is 19.9 Å². The lowest BCUT2D eigenvalue weighted by Gasteiger charge is -2.38. The number of hydrogen-bond donors (Lipinski definition) is 1. The number of hydrogen-bond acceptors (Lipinski definition) is 4. The van der Waals surface area contributed by atoms with Crippen LogP contribution < -0.4 is 5.32 Å². The van der Waals surface area contributed by atoms with Crippen LogP contribution in [-0.2, 0) is 14.3 Å². The van der Waals surface area contributed by atoms with Crippen molar-refractivity contribution in [1.82, 2.24) is 9.80 Å². The molecule has 6 heteroatoms. The predicted octanol–water partition coefficient (Wildman–Crippen LogP) is 2.77. The number of ether oxygens (including phenoxy) is 1. The standard InChI is InChI=1S/C23H29N3O3/c1-17-9-10-18(2)20(15-17)24-23(28)22(19-7-5-4-6-8-19)26-13-11-25(12-14-26)21(27)16-29-3/h4-10,15,22H,11-14,16H2,1-3H3,(H,24,28). The van der Waals surface area contributed by atoms with E-state index in [0.29, 0.717) is 26.2 Å². The van der Waals surface area contributed by atoms with Crippen LogP contribution in [0.5, 0.6) is 0 Å². The number of carbonyl (C=O) groups excluding carboxylic acids is 2. The van der Waals surface area contributed by atoms with Gasteiger partial charge in [0.25, 0.3) is 0 Å². The van der Waals surface area contributed by atoms with Gasteiger partial charge >= 0.3 is 0 Å². The van der Waals surface area contributed by atoms with Gasteiger partial charge in [-0.3, -0.25) is 14.5 Å². The fraction of sp³-hybridized carbons (Fsp3) is 0.391. The molecule has 1 aliphatic heterocycles. The highest BCUT2D eigenvalue weighted by atomic mass is 16.5. The van der Waals surface area contributed by atoms with Gasteiger partial charge in [0, 0.05) is 39.0 Å². The van der Waals surface area contributed by atoms with Crippen LogP contribution in [0.4, 0.5) is 5.69 Å². The normalized spacial score (nSPS) is 15.8. The highest BCUT2D eigenvalue weighted by Crippen LogP contribution is 2.25. The van der Waals surface area contributed by atoms with E-state index in [2.05, 4.69) is 10.2 Å². The number of aryl methyl sites for hydroxylation is 2. The molecule has 1 atom stereocenters. The van der Waals surface area contributed by atoms with E-state index in [1.807, 2.05) is 62.4 Å². The lowest BCUT2D eigenvalue weighted by atomic mass is 10.0. The van der Waals surface area contributed by atoms with E-state index in [1.165, 1.54) is 7.11 Å². The summed E-state index contributed by atoms with van der Waals surface area (Å²) in [7, 11) is 1.53. The zero-order valence-corrected chi connectivity index (χ0v) is 17.4. The molecule has 1 heterocycles. The SMILES string of the molecule is COCC(=O)N1CCN(C(C(=O)Nc2cc(C)ccc2C)c2ccccc2)CC1. The Morgan fingerprint density at radius 1 is 1.03 bits per heavy atom. The highest BCUT2D eigenvalue weighted by Gasteiger charge is 2.31. The molecule has 1 N–H and O–H groups in total. The first-order valence-electron chi connectivity index (χ1n) is 9.93. The van der Waals surface area contributed by atoms with Gasteiger partial charge in [-0.15, -0.1) is 0 Å². The maximum absolute atomic E-state index is 13.3. The zero-order valence-electron chi connectivity index (χ0n) is 17.4. The van der Waals surface area contributed by atoms with Crippen LogP contribution in [0.1, 0.15) is 22.7 Å². The van der Waals surface area contributed by atoms with Gasteiger partial charge in [-0.2, -0.15) is 0 Å². The lowest BCUT2D eigenvalue weighted by molar-refractivity contribution is -0.137. The quantitative estimate of drug-likeness (QED) is 0.817. The van der Waals surface area contributed by atoms with Crippen LogP contribution in [0.25, 0.3) is 0 Å². The summed E-state index contributed by atoms with van der Waals surface area (Å²) < 4.78 is 4.96. The van der Waals surface area contributed by atoms with Crippen molar-refractivity contribution in [3.05, 3.63) is 65.2 Å². The molecular weight excluding hydrogens is 366 g/mol. The summed E-state index contributed by atoms with van der Waals surface area (Å²) >= 11 is 0. The number of benzene rings is 2. The molecule has 1 aliphatic rings. The molecular formula is C23H29N3O3. The second-order valence-corrected chi connectivity index (χ2v) is 7.47. The minimum Gasteiger partial charge on any atom is -0.375 e. The van der Waals surface area contributed by atoms with Gasteiger partial charge in [-0.1, -0.05) is 42.5 Å². The molecule has 1 unspecified atom stereocenters. The van der Waals surface area contributed by atoms with E-state index in [9.17, 15) is 9.59 Å². The topological polar surface area (TPSA) is 61.9 Å². The van der Waals surface area contributed by atoms with Crippen molar-refractivity contribution in [3.8, 4) is 0 Å². The van der Waals surface area contributed by atoms with E-state index in [0.717, 1.165) is 22.4 Å². The number of carbonyl (C=O) groups is 2. The van der Waals surface area contributed by atoms with Gasteiger partial charge in [0.15, 0.2) is 0 Å². The van der Waals surface area contributed by atoms with Crippen molar-refractivity contribution in [1.29, 1.82) is 0 Å². The molecule has 0 radical (unpaired) electrons. The van der Waals surface area contributed by atoms with E-state index in [4.69, 9.17) is 4.74 Å². The van der Waals surface area contributed by atoms with E-state index in [1.54, 1.807) is 4.90 Å². The number of nitrogens with zero attached hydrogens (tertiary/aromatic N) is 2. The Morgan fingerprint density at radius 3 is 2.38 bits per heavy atom. The molecule has 0 saturated carbocycles. The summed E-state index contributed by atoms with van der Waals surface area (Å²) in [6.45, 7) is 6.54. The summed E-state index contributed by atoms with van der Waals surface area (Å²) in [4.78, 5) is 29.4. The average Bonchev–Trinajstić information content (AvgIpc) is 2.72. The zero-order chi connectivity index (χ0) is 20.8. The molecule has 1 saturated heterocycles. The smallest absolute Gasteiger partial charge is 0.248 e. The van der Waals surface area contributed by atoms with E-state index in [-0.39, 0.29) is 18.4 Å². The molecule has 3 rings (SSSR count). The van der Waals surface area contributed by atoms with E-state index >= 15 is 0 Å². The van der Waals surface area contributed by atoms with Gasteiger partial charge in [0.05, 0.1) is 0 Å². The van der Waals surface area contributed by atoms with E-state index < -0.39 is 6.04 Å². The van der Waals surface area contributed by atoms with Crippen molar-refractivity contribution < 1.29 is 14.3 Å². The monoisotopic (exact) mass is 395 g/mol. The van der Waals surface area contributed by atoms with Crippen LogP contribution in [0.2, 0.25) is 0 Å². The first kappa shape index (κ1) is 21.0. The van der Waals surface area contributed by atoms with Gasteiger partial charge in [0.2, 0.25) is 11.8 Å². The Kier molecular flexibility index (Phi) is 7.01. The van der Waals surface area contributed by atoms with Gasteiger partial charge in [0.1, 0.15) is 12.6 Å². The number of anilines is 1. The molecule has 2 aromatic carbocycles. The fourth-order valence-corrected chi connectivity index (χ4v) is 3.68. The van der Waals surface area contributed by atoms with Crippen LogP contribution >= 0.6 is 0 Å². The second kappa shape index (κ2) is 9.67. The molecule has 2 amide bonds. The Labute approximate surface area is 172 Å². The Balaban J connectivity index is 1.78. The molecule has 29 heavy (non-hydrogen) atoms. The van der Waals surface area contributed by atoms with Crippen LogP contribution in [0, 0.1) is 13.8 Å². The summed E-state index contributed by atoms with van der Waals surface area (Å²) in [6, 6.07) is 15.5. The minimum atomic E-state index is -0.407. The third-order valence-electron chi connectivity index (χ3n) is 5.31. The first-order valence-corrected chi connectivity index (χ1v) is 9.93. The molecule has 6 nitrogen and oxygen atoms in total. The summed E-state index contributed by atoms with van der Waals surface area (Å²) in [6.07, 6.45) is 0. The number of methoxy groups -OCH3 is 1. The number of amides is 2. The number of nitrogens with one attached hydrogen (secondary N) is 1. The number of rotatable bonds is 6.